The summed E-state index contributed by atoms with van der Waals surface area (Å²) < 4.78 is 49.7. The molecule has 0 saturated carbocycles. The molecule has 0 bridgehead atoms. The summed E-state index contributed by atoms with van der Waals surface area (Å²) in [4.78, 5) is 4.39. The number of methoxy groups -OCH3 is 2. The summed E-state index contributed by atoms with van der Waals surface area (Å²) in [6.07, 6.45) is -3.49. The molecule has 1 aliphatic heterocycles. The fraction of sp³-hybridized carbons (Fsp3) is 0.455. The molecule has 0 N–H and O–H groups in total. The SMILES string of the molecule is COc1ccc(CC(C)N2CCN(c3cccc(C(F)(F)F)c3)CC2)c(OC)c1. The Morgan fingerprint density at radius 2 is 1.69 bits per heavy atom. The van der Waals surface area contributed by atoms with Crippen molar-refractivity contribution in [3.05, 3.63) is 53.6 Å². The summed E-state index contributed by atoms with van der Waals surface area (Å²) in [5.74, 6) is 1.56. The fourth-order valence-corrected chi connectivity index (χ4v) is 3.77. The van der Waals surface area contributed by atoms with Crippen LogP contribution in [0.1, 0.15) is 18.1 Å². The van der Waals surface area contributed by atoms with Gasteiger partial charge in [-0.05, 0) is 43.2 Å². The maximum Gasteiger partial charge on any atom is 0.416 e. The molecule has 0 aliphatic carbocycles. The maximum atomic E-state index is 13.0. The largest absolute Gasteiger partial charge is 0.497 e. The number of rotatable bonds is 6. The molecule has 1 unspecified atom stereocenters. The Hall–Kier alpha value is -2.41. The van der Waals surface area contributed by atoms with Gasteiger partial charge in [0.15, 0.2) is 0 Å². The lowest BCUT2D eigenvalue weighted by Crippen LogP contribution is -2.50. The fourth-order valence-electron chi connectivity index (χ4n) is 3.77. The number of anilines is 1. The van der Waals surface area contributed by atoms with Gasteiger partial charge in [0.25, 0.3) is 0 Å². The monoisotopic (exact) mass is 408 g/mol. The second-order valence-corrected chi connectivity index (χ2v) is 7.30. The molecule has 1 aliphatic rings. The Morgan fingerprint density at radius 1 is 0.966 bits per heavy atom. The molecule has 3 rings (SSSR count). The van der Waals surface area contributed by atoms with E-state index < -0.39 is 11.7 Å². The number of alkyl halides is 3. The first kappa shape index (κ1) is 21.3. The molecule has 0 radical (unpaired) electrons. The highest BCUT2D eigenvalue weighted by Gasteiger charge is 2.31. The summed E-state index contributed by atoms with van der Waals surface area (Å²) in [6.45, 7) is 5.17. The molecular weight excluding hydrogens is 381 g/mol. The summed E-state index contributed by atoms with van der Waals surface area (Å²) in [5.41, 5.74) is 1.14. The van der Waals surface area contributed by atoms with Crippen LogP contribution in [-0.4, -0.2) is 51.3 Å². The molecule has 29 heavy (non-hydrogen) atoms. The van der Waals surface area contributed by atoms with Crippen molar-refractivity contribution in [2.75, 3.05) is 45.3 Å². The molecule has 1 atom stereocenters. The normalized spacial score (nSPS) is 16.6. The van der Waals surface area contributed by atoms with Crippen LogP contribution in [0.15, 0.2) is 42.5 Å². The molecule has 4 nitrogen and oxygen atoms in total. The Labute approximate surface area is 169 Å². The van der Waals surface area contributed by atoms with Crippen LogP contribution in [0.5, 0.6) is 11.5 Å². The Balaban J connectivity index is 1.61. The van der Waals surface area contributed by atoms with E-state index in [-0.39, 0.29) is 0 Å². The van der Waals surface area contributed by atoms with Gasteiger partial charge in [-0.25, -0.2) is 0 Å². The van der Waals surface area contributed by atoms with Gasteiger partial charge in [0.05, 0.1) is 19.8 Å². The van der Waals surface area contributed by atoms with Crippen LogP contribution < -0.4 is 14.4 Å². The molecule has 1 fully saturated rings. The first-order valence-corrected chi connectivity index (χ1v) is 9.69. The smallest absolute Gasteiger partial charge is 0.416 e. The van der Waals surface area contributed by atoms with Gasteiger partial charge < -0.3 is 14.4 Å². The highest BCUT2D eigenvalue weighted by atomic mass is 19.4. The minimum atomic E-state index is -4.32. The Kier molecular flexibility index (Phi) is 6.57. The van der Waals surface area contributed by atoms with E-state index >= 15 is 0 Å². The van der Waals surface area contributed by atoms with E-state index in [2.05, 4.69) is 11.8 Å². The van der Waals surface area contributed by atoms with Crippen LogP contribution in [0.2, 0.25) is 0 Å². The number of halogens is 3. The molecule has 2 aromatic carbocycles. The van der Waals surface area contributed by atoms with Crippen LogP contribution in [0.25, 0.3) is 0 Å². The number of nitrogens with zero attached hydrogens (tertiary/aromatic N) is 2. The lowest BCUT2D eigenvalue weighted by atomic mass is 10.0. The molecule has 1 heterocycles. The summed E-state index contributed by atoms with van der Waals surface area (Å²) in [7, 11) is 3.28. The van der Waals surface area contributed by atoms with Crippen molar-refractivity contribution in [2.45, 2.75) is 25.6 Å². The van der Waals surface area contributed by atoms with Gasteiger partial charge >= 0.3 is 6.18 Å². The van der Waals surface area contributed by atoms with Crippen LogP contribution in [0.3, 0.4) is 0 Å². The van der Waals surface area contributed by atoms with Gasteiger partial charge in [0.2, 0.25) is 0 Å². The average molecular weight is 408 g/mol. The van der Waals surface area contributed by atoms with E-state index in [9.17, 15) is 13.2 Å². The third-order valence-corrected chi connectivity index (χ3v) is 5.49. The lowest BCUT2D eigenvalue weighted by molar-refractivity contribution is -0.137. The van der Waals surface area contributed by atoms with Gasteiger partial charge in [-0.2, -0.15) is 13.2 Å². The molecular formula is C22H27F3N2O2. The zero-order valence-electron chi connectivity index (χ0n) is 17.0. The second kappa shape index (κ2) is 8.95. The van der Waals surface area contributed by atoms with E-state index in [0.717, 1.165) is 42.6 Å². The molecule has 2 aromatic rings. The van der Waals surface area contributed by atoms with Gasteiger partial charge in [0.1, 0.15) is 11.5 Å². The van der Waals surface area contributed by atoms with Gasteiger partial charge in [-0.15, -0.1) is 0 Å². The van der Waals surface area contributed by atoms with Crippen molar-refractivity contribution >= 4 is 5.69 Å². The summed E-state index contributed by atoms with van der Waals surface area (Å²) in [5, 5.41) is 0. The highest BCUT2D eigenvalue weighted by molar-refractivity contribution is 5.49. The van der Waals surface area contributed by atoms with Gasteiger partial charge in [-0.1, -0.05) is 12.1 Å². The van der Waals surface area contributed by atoms with Gasteiger partial charge in [0, 0.05) is 44.0 Å². The maximum absolute atomic E-state index is 13.0. The van der Waals surface area contributed by atoms with Crippen molar-refractivity contribution in [2.24, 2.45) is 0 Å². The van der Waals surface area contributed by atoms with Crippen molar-refractivity contribution in [1.29, 1.82) is 0 Å². The number of piperazine rings is 1. The molecule has 0 amide bonds. The van der Waals surface area contributed by atoms with Crippen LogP contribution >= 0.6 is 0 Å². The first-order chi connectivity index (χ1) is 13.8. The minimum Gasteiger partial charge on any atom is -0.497 e. The van der Waals surface area contributed by atoms with Crippen LogP contribution in [0, 0.1) is 0 Å². The van der Waals surface area contributed by atoms with Crippen LogP contribution in [-0.2, 0) is 12.6 Å². The van der Waals surface area contributed by atoms with Crippen molar-refractivity contribution < 1.29 is 22.6 Å². The standard InChI is InChI=1S/C22H27F3N2O2/c1-16(13-17-7-8-20(28-2)15-21(17)29-3)26-9-11-27(12-10-26)19-6-4-5-18(14-19)22(23,24)25/h4-8,14-16H,9-13H2,1-3H3. The van der Waals surface area contributed by atoms with E-state index in [1.165, 1.54) is 12.1 Å². The number of hydrogen-bond donors (Lipinski definition) is 0. The third kappa shape index (κ3) is 5.15. The van der Waals surface area contributed by atoms with E-state index in [1.807, 2.05) is 23.1 Å². The second-order valence-electron chi connectivity index (χ2n) is 7.30. The Morgan fingerprint density at radius 3 is 2.31 bits per heavy atom. The highest BCUT2D eigenvalue weighted by Crippen LogP contribution is 2.32. The molecule has 0 spiro atoms. The lowest BCUT2D eigenvalue weighted by Gasteiger charge is -2.39. The van der Waals surface area contributed by atoms with Crippen molar-refractivity contribution in [3.8, 4) is 11.5 Å². The zero-order chi connectivity index (χ0) is 21.0. The average Bonchev–Trinajstić information content (AvgIpc) is 2.73. The molecule has 1 saturated heterocycles. The predicted octanol–water partition coefficient (Wildman–Crippen LogP) is 4.48. The summed E-state index contributed by atoms with van der Waals surface area (Å²) >= 11 is 0. The third-order valence-electron chi connectivity index (χ3n) is 5.49. The van der Waals surface area contributed by atoms with Crippen LogP contribution in [0.4, 0.5) is 18.9 Å². The van der Waals surface area contributed by atoms with Crippen molar-refractivity contribution in [3.63, 3.8) is 0 Å². The zero-order valence-corrected chi connectivity index (χ0v) is 17.0. The predicted molar refractivity (Wildman–Crippen MR) is 108 cm³/mol. The van der Waals surface area contributed by atoms with E-state index in [4.69, 9.17) is 9.47 Å². The summed E-state index contributed by atoms with van der Waals surface area (Å²) in [6, 6.07) is 11.7. The number of ether oxygens (including phenoxy) is 2. The quantitative estimate of drug-likeness (QED) is 0.704. The first-order valence-electron chi connectivity index (χ1n) is 9.69. The van der Waals surface area contributed by atoms with Crippen molar-refractivity contribution in [1.82, 2.24) is 4.90 Å². The number of benzene rings is 2. The number of hydrogen-bond acceptors (Lipinski definition) is 4. The molecule has 7 heteroatoms. The van der Waals surface area contributed by atoms with E-state index in [1.54, 1.807) is 20.3 Å². The molecule has 158 valence electrons. The molecule has 0 aromatic heterocycles. The minimum absolute atomic E-state index is 0.293. The van der Waals surface area contributed by atoms with E-state index in [0.29, 0.717) is 24.8 Å². The Bertz CT molecular complexity index is 818. The van der Waals surface area contributed by atoms with Gasteiger partial charge in [-0.3, -0.25) is 4.90 Å². The topological polar surface area (TPSA) is 24.9 Å².